The molecule has 0 spiro atoms. The lowest BCUT2D eigenvalue weighted by Crippen LogP contribution is -1.93. The van der Waals surface area contributed by atoms with Crippen LogP contribution < -0.4 is 0 Å². The minimum absolute atomic E-state index is 0.524. The summed E-state index contributed by atoms with van der Waals surface area (Å²) < 4.78 is 10.8. The van der Waals surface area contributed by atoms with Gasteiger partial charge in [-0.15, -0.1) is 0 Å². The van der Waals surface area contributed by atoms with Gasteiger partial charge in [-0.3, -0.25) is 0 Å². The lowest BCUT2D eigenvalue weighted by Gasteiger charge is -2.06. The van der Waals surface area contributed by atoms with Gasteiger partial charge in [-0.25, -0.2) is 9.97 Å². The Morgan fingerprint density at radius 1 is 0.963 bits per heavy atom. The van der Waals surface area contributed by atoms with Crippen molar-refractivity contribution >= 4 is 34.0 Å². The molecular formula is C19H12N4O2S2. The van der Waals surface area contributed by atoms with E-state index in [1.54, 1.807) is 17.6 Å². The van der Waals surface area contributed by atoms with E-state index < -0.39 is 0 Å². The van der Waals surface area contributed by atoms with Gasteiger partial charge in [-0.05, 0) is 29.6 Å². The molecule has 8 heteroatoms. The van der Waals surface area contributed by atoms with Crippen LogP contribution in [-0.4, -0.2) is 20.1 Å². The van der Waals surface area contributed by atoms with E-state index >= 15 is 0 Å². The van der Waals surface area contributed by atoms with Crippen LogP contribution in [0.25, 0.3) is 33.9 Å². The lowest BCUT2D eigenvalue weighted by atomic mass is 10.2. The molecule has 0 bridgehead atoms. The number of para-hydroxylation sites is 1. The van der Waals surface area contributed by atoms with Gasteiger partial charge in [0.1, 0.15) is 5.03 Å². The van der Waals surface area contributed by atoms with E-state index in [4.69, 9.17) is 8.94 Å². The molecule has 4 heterocycles. The first kappa shape index (κ1) is 16.2. The van der Waals surface area contributed by atoms with Gasteiger partial charge in [0.05, 0.1) is 17.5 Å². The highest BCUT2D eigenvalue weighted by Crippen LogP contribution is 2.30. The normalized spacial score (nSPS) is 11.3. The lowest BCUT2D eigenvalue weighted by molar-refractivity contribution is 0.391. The molecule has 1 aromatic carbocycles. The Hall–Kier alpha value is -2.97. The number of thioether (sulfide) groups is 1. The summed E-state index contributed by atoms with van der Waals surface area (Å²) in [5, 5.41) is 9.87. The van der Waals surface area contributed by atoms with Gasteiger partial charge < -0.3 is 8.94 Å². The van der Waals surface area contributed by atoms with Crippen molar-refractivity contribution < 1.29 is 8.94 Å². The molecule has 27 heavy (non-hydrogen) atoms. The number of thiophene rings is 1. The van der Waals surface area contributed by atoms with Crippen LogP contribution in [0.5, 0.6) is 0 Å². The van der Waals surface area contributed by atoms with Crippen LogP contribution in [0.2, 0.25) is 0 Å². The third kappa shape index (κ3) is 3.24. The molecule has 0 unspecified atom stereocenters. The van der Waals surface area contributed by atoms with Crippen molar-refractivity contribution in [2.45, 2.75) is 10.8 Å². The van der Waals surface area contributed by atoms with Gasteiger partial charge in [0.2, 0.25) is 11.7 Å². The maximum absolute atomic E-state index is 5.46. The van der Waals surface area contributed by atoms with Crippen molar-refractivity contribution in [3.8, 4) is 23.0 Å². The average molecular weight is 392 g/mol. The maximum atomic E-state index is 5.46. The van der Waals surface area contributed by atoms with E-state index in [0.717, 1.165) is 21.5 Å². The highest BCUT2D eigenvalue weighted by Gasteiger charge is 2.14. The number of nitrogens with zero attached hydrogens (tertiary/aromatic N) is 4. The third-order valence-corrected chi connectivity index (χ3v) is 5.55. The van der Waals surface area contributed by atoms with Crippen LogP contribution in [0.4, 0.5) is 0 Å². The maximum Gasteiger partial charge on any atom is 0.237 e. The standard InChI is InChI=1S/C19H12N4O2S2/c1-2-5-14-13(4-1)19(22-18(20-14)15-6-3-8-24-15)27-11-16-21-17(23-25-16)12-7-9-26-10-12/h1-10H,11H2. The first-order valence-electron chi connectivity index (χ1n) is 8.15. The van der Waals surface area contributed by atoms with Gasteiger partial charge in [0, 0.05) is 16.3 Å². The van der Waals surface area contributed by atoms with Gasteiger partial charge in [0.25, 0.3) is 0 Å². The molecule has 0 aliphatic rings. The summed E-state index contributed by atoms with van der Waals surface area (Å²) in [5.74, 6) is 2.89. The first-order chi connectivity index (χ1) is 13.4. The zero-order valence-corrected chi connectivity index (χ0v) is 15.5. The fourth-order valence-corrected chi connectivity index (χ4v) is 4.12. The summed E-state index contributed by atoms with van der Waals surface area (Å²) in [4.78, 5) is 13.8. The molecule has 5 aromatic rings. The minimum Gasteiger partial charge on any atom is -0.461 e. The molecule has 6 nitrogen and oxygen atoms in total. The van der Waals surface area contributed by atoms with E-state index in [1.807, 2.05) is 53.2 Å². The molecule has 132 valence electrons. The fourth-order valence-electron chi connectivity index (χ4n) is 2.63. The Morgan fingerprint density at radius 2 is 1.93 bits per heavy atom. The van der Waals surface area contributed by atoms with E-state index in [1.165, 1.54) is 11.8 Å². The molecule has 0 aliphatic carbocycles. The van der Waals surface area contributed by atoms with E-state index in [9.17, 15) is 0 Å². The van der Waals surface area contributed by atoms with Gasteiger partial charge >= 0.3 is 0 Å². The number of aromatic nitrogens is 4. The predicted molar refractivity (Wildman–Crippen MR) is 104 cm³/mol. The Balaban J connectivity index is 1.46. The molecule has 0 radical (unpaired) electrons. The van der Waals surface area contributed by atoms with Gasteiger partial charge in [0.15, 0.2) is 11.6 Å². The summed E-state index contributed by atoms with van der Waals surface area (Å²) in [7, 11) is 0. The minimum atomic E-state index is 0.524. The quantitative estimate of drug-likeness (QED) is 0.297. The Morgan fingerprint density at radius 3 is 2.78 bits per heavy atom. The molecule has 0 saturated carbocycles. The Bertz CT molecular complexity index is 1180. The Labute approximate surface area is 162 Å². The largest absolute Gasteiger partial charge is 0.461 e. The van der Waals surface area contributed by atoms with Crippen molar-refractivity contribution in [1.29, 1.82) is 0 Å². The summed E-state index contributed by atoms with van der Waals surface area (Å²) in [6.45, 7) is 0. The number of hydrogen-bond acceptors (Lipinski definition) is 8. The van der Waals surface area contributed by atoms with E-state index in [-0.39, 0.29) is 0 Å². The number of rotatable bonds is 5. The van der Waals surface area contributed by atoms with Gasteiger partial charge in [-0.1, -0.05) is 35.1 Å². The molecule has 0 aliphatic heterocycles. The topological polar surface area (TPSA) is 77.8 Å². The zero-order valence-electron chi connectivity index (χ0n) is 13.9. The fraction of sp³-hybridized carbons (Fsp3) is 0.0526. The van der Waals surface area contributed by atoms with Crippen molar-refractivity contribution in [1.82, 2.24) is 20.1 Å². The summed E-state index contributed by atoms with van der Waals surface area (Å²) in [6, 6.07) is 13.6. The number of hydrogen-bond donors (Lipinski definition) is 0. The van der Waals surface area contributed by atoms with Crippen molar-refractivity contribution in [2.24, 2.45) is 0 Å². The second kappa shape index (κ2) is 6.98. The van der Waals surface area contributed by atoms with E-state index in [2.05, 4.69) is 20.1 Å². The van der Waals surface area contributed by atoms with Crippen LogP contribution in [-0.2, 0) is 5.75 Å². The van der Waals surface area contributed by atoms with Crippen LogP contribution in [0, 0.1) is 0 Å². The molecule has 5 rings (SSSR count). The van der Waals surface area contributed by atoms with Crippen LogP contribution in [0.1, 0.15) is 5.89 Å². The molecule has 0 amide bonds. The van der Waals surface area contributed by atoms with Crippen LogP contribution in [0.3, 0.4) is 0 Å². The summed E-state index contributed by atoms with van der Waals surface area (Å²) in [5.41, 5.74) is 1.83. The molecular weight excluding hydrogens is 380 g/mol. The van der Waals surface area contributed by atoms with Crippen LogP contribution in [0.15, 0.2) is 73.5 Å². The second-order valence-corrected chi connectivity index (χ2v) is 7.40. The predicted octanol–water partition coefficient (Wildman–Crippen LogP) is 5.29. The van der Waals surface area contributed by atoms with Crippen LogP contribution >= 0.6 is 23.1 Å². The first-order valence-corrected chi connectivity index (χ1v) is 10.1. The second-order valence-electron chi connectivity index (χ2n) is 5.66. The molecule has 4 aromatic heterocycles. The van der Waals surface area contributed by atoms with E-state index in [0.29, 0.717) is 29.1 Å². The smallest absolute Gasteiger partial charge is 0.237 e. The highest BCUT2D eigenvalue weighted by molar-refractivity contribution is 7.98. The molecule has 0 fully saturated rings. The Kier molecular flexibility index (Phi) is 4.19. The van der Waals surface area contributed by atoms with Crippen molar-refractivity contribution in [3.63, 3.8) is 0 Å². The van der Waals surface area contributed by atoms with Crippen molar-refractivity contribution in [3.05, 3.63) is 65.4 Å². The molecule has 0 saturated heterocycles. The van der Waals surface area contributed by atoms with Gasteiger partial charge in [-0.2, -0.15) is 16.3 Å². The summed E-state index contributed by atoms with van der Waals surface area (Å²) in [6.07, 6.45) is 1.62. The SMILES string of the molecule is c1coc(-c2nc(SCc3nc(-c4ccsc4)no3)c3ccccc3n2)c1. The zero-order chi connectivity index (χ0) is 18.1. The monoisotopic (exact) mass is 392 g/mol. The van der Waals surface area contributed by atoms with Crippen molar-refractivity contribution in [2.75, 3.05) is 0 Å². The third-order valence-electron chi connectivity index (χ3n) is 3.89. The molecule has 0 N–H and O–H groups in total. The average Bonchev–Trinajstić information content (AvgIpc) is 3.48. The number of fused-ring (bicyclic) bond motifs is 1. The summed E-state index contributed by atoms with van der Waals surface area (Å²) >= 11 is 3.14. The molecule has 0 atom stereocenters. The number of furan rings is 1. The highest BCUT2D eigenvalue weighted by atomic mass is 32.2. The number of benzene rings is 1.